The highest BCUT2D eigenvalue weighted by atomic mass is 32.2. The third kappa shape index (κ3) is 2.53. The summed E-state index contributed by atoms with van der Waals surface area (Å²) in [6.07, 6.45) is 2.10. The van der Waals surface area contributed by atoms with E-state index in [1.165, 1.54) is 12.4 Å². The average Bonchev–Trinajstić information content (AvgIpc) is 2.71. The summed E-state index contributed by atoms with van der Waals surface area (Å²) in [4.78, 5) is 31.1. The number of rotatable bonds is 3. The van der Waals surface area contributed by atoms with Crippen molar-refractivity contribution in [2.45, 2.75) is 11.7 Å². The molecular formula is C9H10N4O5S. The summed E-state index contributed by atoms with van der Waals surface area (Å²) in [5, 5.41) is 12.9. The van der Waals surface area contributed by atoms with E-state index in [2.05, 4.69) is 9.97 Å². The Bertz CT molecular complexity index is 644. The quantitative estimate of drug-likeness (QED) is 0.693. The molecule has 0 bridgehead atoms. The molecule has 0 spiro atoms. The average molecular weight is 286 g/mol. The number of hydrogen-bond acceptors (Lipinski definition) is 6. The topological polar surface area (TPSA) is 144 Å². The maximum atomic E-state index is 11.8. The Balaban J connectivity index is 2.39. The molecule has 1 amide bonds. The number of anilines is 1. The molecule has 1 aliphatic rings. The number of sulfonamides is 1. The van der Waals surface area contributed by atoms with Gasteiger partial charge in [0.25, 0.3) is 0 Å². The molecule has 3 N–H and O–H groups in total. The van der Waals surface area contributed by atoms with Crippen molar-refractivity contribution in [1.82, 2.24) is 9.97 Å². The number of carbonyl (C=O) groups is 2. The summed E-state index contributed by atoms with van der Waals surface area (Å²) in [6, 6.07) is 0. The second-order valence-corrected chi connectivity index (χ2v) is 5.80. The lowest BCUT2D eigenvalue weighted by molar-refractivity contribution is -0.117. The number of hydrogen-bond donors (Lipinski definition) is 2. The number of aromatic carboxylic acids is 1. The van der Waals surface area contributed by atoms with Crippen molar-refractivity contribution in [2.24, 2.45) is 5.14 Å². The van der Waals surface area contributed by atoms with Gasteiger partial charge in [0.15, 0.2) is 11.5 Å². The van der Waals surface area contributed by atoms with Crippen LogP contribution < -0.4 is 10.0 Å². The zero-order valence-corrected chi connectivity index (χ0v) is 10.4. The van der Waals surface area contributed by atoms with Crippen molar-refractivity contribution < 1.29 is 23.1 Å². The SMILES string of the molecule is NS(=O)(=O)C1CC(=O)N(c2nccnc2C(=O)O)C1. The highest BCUT2D eigenvalue weighted by Crippen LogP contribution is 2.24. The van der Waals surface area contributed by atoms with Crippen LogP contribution in [0.3, 0.4) is 0 Å². The van der Waals surface area contributed by atoms with E-state index in [0.29, 0.717) is 0 Å². The van der Waals surface area contributed by atoms with Crippen LogP contribution in [0, 0.1) is 0 Å². The standard InChI is InChI=1S/C9H10N4O5S/c10-19(17,18)5-3-6(14)13(4-5)8-7(9(15)16)11-1-2-12-8/h1-2,5H,3-4H2,(H,15,16)(H2,10,17,18). The Morgan fingerprint density at radius 3 is 2.58 bits per heavy atom. The molecule has 0 aliphatic carbocycles. The molecule has 0 radical (unpaired) electrons. The largest absolute Gasteiger partial charge is 0.476 e. The van der Waals surface area contributed by atoms with Gasteiger partial charge in [-0.2, -0.15) is 0 Å². The Hall–Kier alpha value is -2.07. The number of nitrogens with two attached hydrogens (primary N) is 1. The fourth-order valence-electron chi connectivity index (χ4n) is 1.78. The van der Waals surface area contributed by atoms with Crippen molar-refractivity contribution in [1.29, 1.82) is 0 Å². The predicted molar refractivity (Wildman–Crippen MR) is 62.9 cm³/mol. The number of primary sulfonamides is 1. The highest BCUT2D eigenvalue weighted by Gasteiger charge is 2.39. The van der Waals surface area contributed by atoms with E-state index in [-0.39, 0.29) is 18.8 Å². The van der Waals surface area contributed by atoms with Crippen LogP contribution in [0.1, 0.15) is 16.9 Å². The summed E-state index contributed by atoms with van der Waals surface area (Å²) in [6.45, 7) is -0.226. The van der Waals surface area contributed by atoms with Crippen LogP contribution in [0.15, 0.2) is 12.4 Å². The van der Waals surface area contributed by atoms with Crippen LogP contribution in [0.4, 0.5) is 5.82 Å². The molecule has 1 unspecified atom stereocenters. The maximum Gasteiger partial charge on any atom is 0.358 e. The fraction of sp³-hybridized carbons (Fsp3) is 0.333. The molecule has 1 atom stereocenters. The summed E-state index contributed by atoms with van der Waals surface area (Å²) < 4.78 is 22.4. The van der Waals surface area contributed by atoms with Gasteiger partial charge in [-0.3, -0.25) is 9.69 Å². The first-order valence-corrected chi connectivity index (χ1v) is 6.78. The molecule has 10 heteroatoms. The van der Waals surface area contributed by atoms with E-state index in [1.54, 1.807) is 0 Å². The van der Waals surface area contributed by atoms with Gasteiger partial charge in [0.1, 0.15) is 5.25 Å². The Labute approximate surface area is 108 Å². The zero-order chi connectivity index (χ0) is 14.2. The van der Waals surface area contributed by atoms with Crippen LogP contribution in [0.2, 0.25) is 0 Å². The normalized spacial score (nSPS) is 19.7. The highest BCUT2D eigenvalue weighted by molar-refractivity contribution is 7.89. The lowest BCUT2D eigenvalue weighted by Gasteiger charge is -2.16. The van der Waals surface area contributed by atoms with Gasteiger partial charge in [0.2, 0.25) is 15.9 Å². The van der Waals surface area contributed by atoms with Crippen molar-refractivity contribution in [3.8, 4) is 0 Å². The van der Waals surface area contributed by atoms with Crippen molar-refractivity contribution in [2.75, 3.05) is 11.4 Å². The van der Waals surface area contributed by atoms with Crippen LogP contribution in [-0.4, -0.2) is 47.2 Å². The van der Waals surface area contributed by atoms with Crippen LogP contribution in [0.5, 0.6) is 0 Å². The Kier molecular flexibility index (Phi) is 3.20. The molecule has 1 fully saturated rings. The number of amides is 1. The monoisotopic (exact) mass is 286 g/mol. The number of nitrogens with zero attached hydrogens (tertiary/aromatic N) is 3. The van der Waals surface area contributed by atoms with Crippen molar-refractivity contribution in [3.63, 3.8) is 0 Å². The number of carboxylic acids is 1. The summed E-state index contributed by atoms with van der Waals surface area (Å²) in [5.41, 5.74) is -0.411. The minimum atomic E-state index is -3.87. The second-order valence-electron chi connectivity index (χ2n) is 3.95. The van der Waals surface area contributed by atoms with Gasteiger partial charge in [-0.05, 0) is 0 Å². The first-order valence-electron chi connectivity index (χ1n) is 5.17. The molecule has 1 aliphatic heterocycles. The van der Waals surface area contributed by atoms with Crippen LogP contribution in [0.25, 0.3) is 0 Å². The van der Waals surface area contributed by atoms with E-state index in [9.17, 15) is 18.0 Å². The van der Waals surface area contributed by atoms with Gasteiger partial charge < -0.3 is 5.11 Å². The minimum absolute atomic E-state index is 0.175. The molecule has 1 saturated heterocycles. The van der Waals surface area contributed by atoms with Crippen molar-refractivity contribution in [3.05, 3.63) is 18.1 Å². The Morgan fingerprint density at radius 2 is 2.05 bits per heavy atom. The number of carbonyl (C=O) groups excluding carboxylic acids is 1. The third-order valence-electron chi connectivity index (χ3n) is 2.69. The lowest BCUT2D eigenvalue weighted by atomic mass is 10.4. The second kappa shape index (κ2) is 4.55. The molecule has 19 heavy (non-hydrogen) atoms. The van der Waals surface area contributed by atoms with Gasteiger partial charge >= 0.3 is 5.97 Å². The van der Waals surface area contributed by atoms with E-state index in [1.807, 2.05) is 0 Å². The van der Waals surface area contributed by atoms with Crippen LogP contribution in [-0.2, 0) is 14.8 Å². The number of aromatic nitrogens is 2. The molecule has 2 rings (SSSR count). The molecular weight excluding hydrogens is 276 g/mol. The molecule has 102 valence electrons. The first kappa shape index (κ1) is 13.4. The molecule has 9 nitrogen and oxygen atoms in total. The zero-order valence-electron chi connectivity index (χ0n) is 9.55. The van der Waals surface area contributed by atoms with E-state index in [0.717, 1.165) is 4.90 Å². The van der Waals surface area contributed by atoms with E-state index >= 15 is 0 Å². The van der Waals surface area contributed by atoms with Gasteiger partial charge in [-0.1, -0.05) is 0 Å². The van der Waals surface area contributed by atoms with Gasteiger partial charge in [0, 0.05) is 25.4 Å². The predicted octanol–water partition coefficient (Wildman–Crippen LogP) is -1.43. The van der Waals surface area contributed by atoms with Crippen molar-refractivity contribution >= 4 is 27.7 Å². The molecule has 1 aromatic heterocycles. The van der Waals surface area contributed by atoms with E-state index < -0.39 is 32.8 Å². The molecule has 0 saturated carbocycles. The fourth-order valence-corrected chi connectivity index (χ4v) is 2.51. The summed E-state index contributed by atoms with van der Waals surface area (Å²) in [7, 11) is -3.87. The molecule has 1 aromatic rings. The summed E-state index contributed by atoms with van der Waals surface area (Å²) >= 11 is 0. The number of carboxylic acid groups (broad SMARTS) is 1. The van der Waals surface area contributed by atoms with Gasteiger partial charge in [-0.25, -0.2) is 28.3 Å². The minimum Gasteiger partial charge on any atom is -0.476 e. The first-order chi connectivity index (χ1) is 8.80. The Morgan fingerprint density at radius 1 is 1.42 bits per heavy atom. The van der Waals surface area contributed by atoms with Gasteiger partial charge in [-0.15, -0.1) is 0 Å². The molecule has 2 heterocycles. The molecule has 0 aromatic carbocycles. The third-order valence-corrected chi connectivity index (χ3v) is 3.94. The maximum absolute atomic E-state index is 11.8. The lowest BCUT2D eigenvalue weighted by Crippen LogP contribution is -2.33. The van der Waals surface area contributed by atoms with Crippen LogP contribution >= 0.6 is 0 Å². The smallest absolute Gasteiger partial charge is 0.358 e. The summed E-state index contributed by atoms with van der Waals surface area (Å²) in [5.74, 6) is -2.08. The van der Waals surface area contributed by atoms with E-state index in [4.69, 9.17) is 10.2 Å². The van der Waals surface area contributed by atoms with Gasteiger partial charge in [0.05, 0.1) is 0 Å².